The van der Waals surface area contributed by atoms with Crippen molar-refractivity contribution in [2.45, 2.75) is 0 Å². The van der Waals surface area contributed by atoms with E-state index in [1.165, 1.54) is 33.4 Å². The maximum atomic E-state index is 6.80. The molecule has 0 atom stereocenters. The van der Waals surface area contributed by atoms with Gasteiger partial charge in [0.25, 0.3) is 0 Å². The van der Waals surface area contributed by atoms with Crippen LogP contribution in [0.25, 0.3) is 88.7 Å². The summed E-state index contributed by atoms with van der Waals surface area (Å²) in [6.07, 6.45) is 0. The average Bonchev–Trinajstić information content (AvgIpc) is 3.75. The van der Waals surface area contributed by atoms with Crippen molar-refractivity contribution in [2.75, 3.05) is 4.90 Å². The van der Waals surface area contributed by atoms with E-state index >= 15 is 0 Å². The third-order valence-electron chi connectivity index (χ3n) is 11.9. The van der Waals surface area contributed by atoms with Crippen LogP contribution < -0.4 is 4.90 Å². The number of benzene rings is 10. The Labute approximate surface area is 362 Å². The highest BCUT2D eigenvalue weighted by molar-refractivity contribution is 6.13. The first-order valence-corrected chi connectivity index (χ1v) is 21.2. The molecule has 1 aromatic heterocycles. The molecule has 62 heavy (non-hydrogen) atoms. The van der Waals surface area contributed by atoms with Crippen molar-refractivity contribution in [1.29, 1.82) is 0 Å². The summed E-state index contributed by atoms with van der Waals surface area (Å²) >= 11 is 0. The van der Waals surface area contributed by atoms with Crippen molar-refractivity contribution in [3.05, 3.63) is 249 Å². The molecule has 11 aromatic rings. The first-order chi connectivity index (χ1) is 30.8. The van der Waals surface area contributed by atoms with Crippen LogP contribution in [0.15, 0.2) is 253 Å². The van der Waals surface area contributed by atoms with Gasteiger partial charge in [-0.15, -0.1) is 0 Å². The molecule has 0 bridgehead atoms. The highest BCUT2D eigenvalue weighted by Crippen LogP contribution is 2.44. The normalized spacial score (nSPS) is 11.2. The number of furan rings is 1. The summed E-state index contributed by atoms with van der Waals surface area (Å²) < 4.78 is 6.80. The predicted octanol–water partition coefficient (Wildman–Crippen LogP) is 17.1. The molecule has 2 nitrogen and oxygen atoms in total. The van der Waals surface area contributed by atoms with Gasteiger partial charge in [-0.25, -0.2) is 0 Å². The smallest absolute Gasteiger partial charge is 0.143 e. The number of hydrogen-bond acceptors (Lipinski definition) is 2. The number of fused-ring (bicyclic) bond motifs is 3. The van der Waals surface area contributed by atoms with Crippen LogP contribution in [0.3, 0.4) is 0 Å². The van der Waals surface area contributed by atoms with Gasteiger partial charge in [-0.2, -0.15) is 0 Å². The Morgan fingerprint density at radius 2 is 0.629 bits per heavy atom. The Balaban J connectivity index is 1.00. The van der Waals surface area contributed by atoms with E-state index in [1.54, 1.807) is 0 Å². The molecule has 0 aliphatic carbocycles. The molecule has 11 rings (SSSR count). The zero-order chi connectivity index (χ0) is 41.2. The fourth-order valence-electron chi connectivity index (χ4n) is 8.89. The lowest BCUT2D eigenvalue weighted by atomic mass is 9.91. The molecule has 0 saturated carbocycles. The Hall–Kier alpha value is -8.20. The van der Waals surface area contributed by atoms with Gasteiger partial charge in [0.05, 0.1) is 5.69 Å². The summed E-state index contributed by atoms with van der Waals surface area (Å²) in [6, 6.07) is 88.8. The molecule has 0 unspecified atom stereocenters. The van der Waals surface area contributed by atoms with Crippen molar-refractivity contribution in [1.82, 2.24) is 0 Å². The minimum atomic E-state index is 0.896. The second-order valence-corrected chi connectivity index (χ2v) is 15.6. The first-order valence-electron chi connectivity index (χ1n) is 21.2. The summed E-state index contributed by atoms with van der Waals surface area (Å²) in [7, 11) is 0. The minimum absolute atomic E-state index is 0.896. The second-order valence-electron chi connectivity index (χ2n) is 15.6. The Kier molecular flexibility index (Phi) is 9.57. The van der Waals surface area contributed by atoms with Gasteiger partial charge in [0.15, 0.2) is 0 Å². The molecule has 0 radical (unpaired) electrons. The van der Waals surface area contributed by atoms with Crippen LogP contribution in [-0.4, -0.2) is 0 Å². The maximum absolute atomic E-state index is 6.80. The monoisotopic (exact) mass is 791 g/mol. The molecular formula is C60H41NO. The van der Waals surface area contributed by atoms with Crippen molar-refractivity contribution >= 4 is 39.0 Å². The molecule has 2 heteroatoms. The largest absolute Gasteiger partial charge is 0.455 e. The van der Waals surface area contributed by atoms with Gasteiger partial charge in [0.1, 0.15) is 11.2 Å². The molecule has 0 aliphatic rings. The number of nitrogens with zero attached hydrogens (tertiary/aromatic N) is 1. The molecule has 0 spiro atoms. The fraction of sp³-hybridized carbons (Fsp3) is 0. The van der Waals surface area contributed by atoms with Crippen LogP contribution in [0.1, 0.15) is 0 Å². The van der Waals surface area contributed by atoms with E-state index in [2.05, 4.69) is 248 Å². The molecule has 1 heterocycles. The fourth-order valence-corrected chi connectivity index (χ4v) is 8.89. The van der Waals surface area contributed by atoms with Gasteiger partial charge in [-0.05, 0) is 86.5 Å². The van der Waals surface area contributed by atoms with Gasteiger partial charge in [0.2, 0.25) is 0 Å². The lowest BCUT2D eigenvalue weighted by Gasteiger charge is -2.28. The summed E-state index contributed by atoms with van der Waals surface area (Å²) in [5.41, 5.74) is 18.9. The molecule has 0 aliphatic heterocycles. The van der Waals surface area contributed by atoms with E-state index in [4.69, 9.17) is 4.42 Å². The quantitative estimate of drug-likeness (QED) is 0.145. The zero-order valence-corrected chi connectivity index (χ0v) is 34.0. The lowest BCUT2D eigenvalue weighted by Crippen LogP contribution is -2.11. The van der Waals surface area contributed by atoms with Crippen LogP contribution in [-0.2, 0) is 0 Å². The number of para-hydroxylation sites is 3. The number of anilines is 3. The van der Waals surface area contributed by atoms with Crippen molar-refractivity contribution < 1.29 is 4.42 Å². The highest BCUT2D eigenvalue weighted by Gasteiger charge is 2.20. The summed E-state index contributed by atoms with van der Waals surface area (Å²) in [5, 5.41) is 2.24. The molecular weight excluding hydrogens is 751 g/mol. The van der Waals surface area contributed by atoms with Gasteiger partial charge < -0.3 is 9.32 Å². The topological polar surface area (TPSA) is 16.4 Å². The van der Waals surface area contributed by atoms with Crippen LogP contribution in [0.5, 0.6) is 0 Å². The van der Waals surface area contributed by atoms with E-state index in [9.17, 15) is 0 Å². The molecule has 0 N–H and O–H groups in total. The Morgan fingerprint density at radius 1 is 0.242 bits per heavy atom. The second kappa shape index (κ2) is 16.1. The molecule has 10 aromatic carbocycles. The van der Waals surface area contributed by atoms with Crippen LogP contribution in [0.2, 0.25) is 0 Å². The molecule has 292 valence electrons. The van der Waals surface area contributed by atoms with Crippen LogP contribution in [0.4, 0.5) is 17.1 Å². The van der Waals surface area contributed by atoms with E-state index in [1.807, 2.05) is 6.07 Å². The van der Waals surface area contributed by atoms with Gasteiger partial charge in [0, 0.05) is 38.8 Å². The summed E-state index contributed by atoms with van der Waals surface area (Å²) in [5.74, 6) is 0. The van der Waals surface area contributed by atoms with E-state index < -0.39 is 0 Å². The van der Waals surface area contributed by atoms with Crippen molar-refractivity contribution in [3.8, 4) is 66.8 Å². The Bertz CT molecular complexity index is 3300. The third-order valence-corrected chi connectivity index (χ3v) is 11.9. The highest BCUT2D eigenvalue weighted by atomic mass is 16.3. The zero-order valence-electron chi connectivity index (χ0n) is 34.0. The van der Waals surface area contributed by atoms with E-state index in [-0.39, 0.29) is 0 Å². The summed E-state index contributed by atoms with van der Waals surface area (Å²) in [6.45, 7) is 0. The summed E-state index contributed by atoms with van der Waals surface area (Å²) in [4.78, 5) is 2.37. The van der Waals surface area contributed by atoms with Crippen molar-refractivity contribution in [2.24, 2.45) is 0 Å². The number of rotatable bonds is 9. The molecule has 0 fully saturated rings. The van der Waals surface area contributed by atoms with E-state index in [0.717, 1.165) is 72.4 Å². The standard InChI is InChI=1S/C60H41NO/c1-5-17-43(18-6-1)51-40-35-48(41-57(51)46-23-11-4-12-24-46)42-31-36-49(37-32-42)61(58-30-14-13-25-52(58)44-19-7-2-8-20-44)50-38-33-47(34-39-50)54-27-16-29-56-55-28-15-26-53(59(55)62-60(54)56)45-21-9-3-10-22-45/h1-41H. The minimum Gasteiger partial charge on any atom is -0.455 e. The van der Waals surface area contributed by atoms with Crippen molar-refractivity contribution in [3.63, 3.8) is 0 Å². The maximum Gasteiger partial charge on any atom is 0.143 e. The van der Waals surface area contributed by atoms with E-state index in [0.29, 0.717) is 0 Å². The van der Waals surface area contributed by atoms with Crippen LogP contribution >= 0.6 is 0 Å². The molecule has 0 saturated heterocycles. The lowest BCUT2D eigenvalue weighted by molar-refractivity contribution is 0.671. The first kappa shape index (κ1) is 36.8. The van der Waals surface area contributed by atoms with Gasteiger partial charge in [-0.1, -0.05) is 212 Å². The predicted molar refractivity (Wildman–Crippen MR) is 261 cm³/mol. The number of hydrogen-bond donors (Lipinski definition) is 0. The van der Waals surface area contributed by atoms with Crippen LogP contribution in [0, 0.1) is 0 Å². The third kappa shape index (κ3) is 6.84. The molecule has 0 amide bonds. The SMILES string of the molecule is c1ccc(-c2ccc(-c3ccc(N(c4ccc(-c5cccc6c5oc5c(-c7ccccc7)cccc56)cc4)c4ccccc4-c4ccccc4)cc3)cc2-c2ccccc2)cc1. The van der Waals surface area contributed by atoms with Gasteiger partial charge in [-0.3, -0.25) is 0 Å². The average molecular weight is 792 g/mol. The Morgan fingerprint density at radius 3 is 1.16 bits per heavy atom. The van der Waals surface area contributed by atoms with Gasteiger partial charge >= 0.3 is 0 Å².